The van der Waals surface area contributed by atoms with Crippen molar-refractivity contribution < 1.29 is 18.8 Å². The van der Waals surface area contributed by atoms with Crippen molar-refractivity contribution in [1.82, 2.24) is 0 Å². The smallest absolute Gasteiger partial charge is 0.312 e. The topological polar surface area (TPSA) is 69.4 Å². The monoisotopic (exact) mass is 353 g/mol. The predicted octanol–water partition coefficient (Wildman–Crippen LogP) is 4.41. The van der Waals surface area contributed by atoms with E-state index >= 15 is 0 Å². The molecule has 0 aromatic heterocycles. The number of aryl methyl sites for hydroxylation is 1. The van der Waals surface area contributed by atoms with Gasteiger partial charge in [-0.05, 0) is 46.6 Å². The Balaban J connectivity index is 2.43. The van der Waals surface area contributed by atoms with Crippen LogP contribution in [0.4, 0.5) is 10.1 Å². The number of ether oxygens (including phenoxy) is 1. The minimum atomic E-state index is -0.670. The van der Waals surface area contributed by atoms with Gasteiger partial charge in [-0.3, -0.25) is 14.9 Å². The number of hydrogen-bond donors (Lipinski definition) is 0. The lowest BCUT2D eigenvalue weighted by atomic mass is 10.1. The first kappa shape index (κ1) is 15.1. The minimum Gasteiger partial charge on any atom is -0.450 e. The SMILES string of the molecule is Cc1cc(Oc2cc(F)c(Br)cc2[N+](=O)[O-])ccc1C=O. The lowest BCUT2D eigenvalue weighted by Gasteiger charge is -2.08. The molecule has 0 radical (unpaired) electrons. The van der Waals surface area contributed by atoms with Gasteiger partial charge in [-0.15, -0.1) is 0 Å². The lowest BCUT2D eigenvalue weighted by Crippen LogP contribution is -1.96. The van der Waals surface area contributed by atoms with Crippen LogP contribution in [0.15, 0.2) is 34.8 Å². The van der Waals surface area contributed by atoms with Gasteiger partial charge in [0.05, 0.1) is 9.40 Å². The Kier molecular flexibility index (Phi) is 4.32. The van der Waals surface area contributed by atoms with Gasteiger partial charge >= 0.3 is 5.69 Å². The molecule has 0 N–H and O–H groups in total. The van der Waals surface area contributed by atoms with Gasteiger partial charge in [-0.2, -0.15) is 0 Å². The van der Waals surface area contributed by atoms with Crippen molar-refractivity contribution in [2.24, 2.45) is 0 Å². The van der Waals surface area contributed by atoms with Gasteiger partial charge in [-0.25, -0.2) is 4.39 Å². The Morgan fingerprint density at radius 2 is 2.05 bits per heavy atom. The third-order valence-corrected chi connectivity index (χ3v) is 3.40. The third-order valence-electron chi connectivity index (χ3n) is 2.79. The van der Waals surface area contributed by atoms with Crippen molar-refractivity contribution in [2.75, 3.05) is 0 Å². The molecule has 0 bridgehead atoms. The Morgan fingerprint density at radius 1 is 1.33 bits per heavy atom. The van der Waals surface area contributed by atoms with E-state index in [1.165, 1.54) is 12.1 Å². The lowest BCUT2D eigenvalue weighted by molar-refractivity contribution is -0.385. The summed E-state index contributed by atoms with van der Waals surface area (Å²) < 4.78 is 18.9. The number of carbonyl (C=O) groups excluding carboxylic acids is 1. The van der Waals surface area contributed by atoms with Gasteiger partial charge < -0.3 is 4.74 Å². The van der Waals surface area contributed by atoms with Crippen LogP contribution < -0.4 is 4.74 Å². The molecule has 2 aromatic carbocycles. The molecule has 5 nitrogen and oxygen atoms in total. The maximum Gasteiger partial charge on any atom is 0.312 e. The van der Waals surface area contributed by atoms with E-state index in [0.29, 0.717) is 17.4 Å². The molecule has 0 aliphatic carbocycles. The molecule has 0 saturated heterocycles. The predicted molar refractivity (Wildman–Crippen MR) is 77.4 cm³/mol. The Labute approximate surface area is 127 Å². The van der Waals surface area contributed by atoms with Crippen molar-refractivity contribution in [3.8, 4) is 11.5 Å². The van der Waals surface area contributed by atoms with E-state index in [9.17, 15) is 19.3 Å². The maximum atomic E-state index is 13.5. The second-order valence-electron chi connectivity index (χ2n) is 4.23. The molecule has 0 unspecified atom stereocenters. The van der Waals surface area contributed by atoms with E-state index in [1.807, 2.05) is 0 Å². The molecule has 108 valence electrons. The van der Waals surface area contributed by atoms with Crippen LogP contribution in [0.1, 0.15) is 15.9 Å². The number of nitrogens with zero attached hydrogens (tertiary/aromatic N) is 1. The number of benzene rings is 2. The van der Waals surface area contributed by atoms with E-state index in [0.717, 1.165) is 12.1 Å². The van der Waals surface area contributed by atoms with E-state index in [1.54, 1.807) is 13.0 Å². The van der Waals surface area contributed by atoms with Crippen molar-refractivity contribution in [3.63, 3.8) is 0 Å². The molecule has 0 spiro atoms. The van der Waals surface area contributed by atoms with Gasteiger partial charge in [0.2, 0.25) is 5.75 Å². The molecule has 0 aliphatic heterocycles. The fourth-order valence-corrected chi connectivity index (χ4v) is 2.04. The Morgan fingerprint density at radius 3 is 2.62 bits per heavy atom. The quantitative estimate of drug-likeness (QED) is 0.463. The summed E-state index contributed by atoms with van der Waals surface area (Å²) in [4.78, 5) is 21.1. The van der Waals surface area contributed by atoms with E-state index in [2.05, 4.69) is 15.9 Å². The van der Waals surface area contributed by atoms with Gasteiger partial charge in [0.1, 0.15) is 17.9 Å². The van der Waals surface area contributed by atoms with Crippen LogP contribution in [0.2, 0.25) is 0 Å². The standard InChI is InChI=1S/C14H9BrFNO4/c1-8-4-10(3-2-9(8)7-18)21-14-6-12(16)11(15)5-13(14)17(19)20/h2-7H,1H3. The largest absolute Gasteiger partial charge is 0.450 e. The second-order valence-corrected chi connectivity index (χ2v) is 5.08. The van der Waals surface area contributed by atoms with E-state index < -0.39 is 10.7 Å². The van der Waals surface area contributed by atoms with Gasteiger partial charge in [-0.1, -0.05) is 0 Å². The molecular weight excluding hydrogens is 345 g/mol. The van der Waals surface area contributed by atoms with Crippen LogP contribution in [0.25, 0.3) is 0 Å². The average molecular weight is 354 g/mol. The first-order valence-electron chi connectivity index (χ1n) is 5.79. The summed E-state index contributed by atoms with van der Waals surface area (Å²) in [6.45, 7) is 1.70. The number of nitro benzene ring substituents is 1. The minimum absolute atomic E-state index is 0.0194. The highest BCUT2D eigenvalue weighted by atomic mass is 79.9. The van der Waals surface area contributed by atoms with Crippen molar-refractivity contribution >= 4 is 27.9 Å². The van der Waals surface area contributed by atoms with Crippen LogP contribution in [-0.4, -0.2) is 11.2 Å². The Hall–Kier alpha value is -2.28. The van der Waals surface area contributed by atoms with Crippen LogP contribution in [-0.2, 0) is 0 Å². The normalized spacial score (nSPS) is 10.2. The molecule has 0 amide bonds. The fraction of sp³-hybridized carbons (Fsp3) is 0.0714. The molecule has 2 rings (SSSR count). The highest BCUT2D eigenvalue weighted by Crippen LogP contribution is 2.35. The molecule has 21 heavy (non-hydrogen) atoms. The van der Waals surface area contributed by atoms with Crippen LogP contribution >= 0.6 is 15.9 Å². The Bertz CT molecular complexity index is 733. The molecule has 0 atom stereocenters. The number of halogens is 2. The summed E-state index contributed by atoms with van der Waals surface area (Å²) in [5.74, 6) is -0.598. The summed E-state index contributed by atoms with van der Waals surface area (Å²) in [6, 6.07) is 6.54. The highest BCUT2D eigenvalue weighted by molar-refractivity contribution is 9.10. The number of hydrogen-bond acceptors (Lipinski definition) is 4. The average Bonchev–Trinajstić information content (AvgIpc) is 2.42. The van der Waals surface area contributed by atoms with Crippen molar-refractivity contribution in [2.45, 2.75) is 6.92 Å². The zero-order valence-corrected chi connectivity index (χ0v) is 12.4. The molecule has 2 aromatic rings. The van der Waals surface area contributed by atoms with E-state index in [4.69, 9.17) is 4.74 Å². The van der Waals surface area contributed by atoms with Crippen molar-refractivity contribution in [3.05, 3.63) is 61.9 Å². The summed E-state index contributed by atoms with van der Waals surface area (Å²) in [5.41, 5.74) is 0.780. The van der Waals surface area contributed by atoms with Gasteiger partial charge in [0, 0.05) is 17.7 Å². The number of rotatable bonds is 4. The van der Waals surface area contributed by atoms with E-state index in [-0.39, 0.29) is 21.7 Å². The molecular formula is C14H9BrFNO4. The highest BCUT2D eigenvalue weighted by Gasteiger charge is 2.19. The number of nitro groups is 1. The molecule has 7 heteroatoms. The first-order chi connectivity index (χ1) is 9.92. The first-order valence-corrected chi connectivity index (χ1v) is 6.59. The van der Waals surface area contributed by atoms with Gasteiger partial charge in [0.25, 0.3) is 0 Å². The van der Waals surface area contributed by atoms with Crippen molar-refractivity contribution in [1.29, 1.82) is 0 Å². The zero-order valence-electron chi connectivity index (χ0n) is 10.8. The van der Waals surface area contributed by atoms with Gasteiger partial charge in [0.15, 0.2) is 0 Å². The maximum absolute atomic E-state index is 13.5. The molecule has 0 saturated carbocycles. The number of aldehydes is 1. The molecule has 0 heterocycles. The fourth-order valence-electron chi connectivity index (χ4n) is 1.71. The summed E-state index contributed by atoms with van der Waals surface area (Å²) in [6.07, 6.45) is 0.695. The molecule has 0 fully saturated rings. The summed E-state index contributed by atoms with van der Waals surface area (Å²) >= 11 is 2.89. The van der Waals surface area contributed by atoms with Crippen LogP contribution in [0, 0.1) is 22.9 Å². The van der Waals surface area contributed by atoms with Crippen LogP contribution in [0.3, 0.4) is 0 Å². The molecule has 0 aliphatic rings. The summed E-state index contributed by atoms with van der Waals surface area (Å²) in [5, 5.41) is 11.0. The van der Waals surface area contributed by atoms with Crippen LogP contribution in [0.5, 0.6) is 11.5 Å². The summed E-state index contributed by atoms with van der Waals surface area (Å²) in [7, 11) is 0. The zero-order chi connectivity index (χ0) is 15.6. The number of carbonyl (C=O) groups is 1. The third kappa shape index (κ3) is 3.25. The second kappa shape index (κ2) is 6.01.